The number of likely N-dealkylation sites (tertiary alicyclic amines) is 1. The standard InChI is InChI=1S/C25H27N5O2S.C20H18N4O3S/c1-32-20-10-17-13-26-12-16(17)9-19(20)29-23-22-18-6-5-15(25(31)30-7-3-2-4-8-30)11-21(18)33-24(22)28-14-27-23;1-27-15-5-12-8-21-7-11(12)4-14(15)24-18-17-13-3-2-10(20(25)26)6-16(13)28-19(17)23-9-22-18/h9-10,12,14-15H,2-8,11,13H2,1H3,(H,27,28,29);4-5,7,9-10H,2-3,6,8H2,1H3,(H,25,26)(H,22,23,24). The van der Waals surface area contributed by atoms with Gasteiger partial charge in [-0.2, -0.15) is 0 Å². The van der Waals surface area contributed by atoms with Crippen molar-refractivity contribution in [3.05, 3.63) is 80.1 Å². The predicted molar refractivity (Wildman–Crippen MR) is 239 cm³/mol. The second kappa shape index (κ2) is 16.5. The van der Waals surface area contributed by atoms with Crippen molar-refractivity contribution in [2.75, 3.05) is 37.9 Å². The number of aliphatic carboxylic acids is 1. The van der Waals surface area contributed by atoms with Crippen LogP contribution in [0, 0.1) is 11.8 Å². The Morgan fingerprint density at radius 3 is 1.72 bits per heavy atom. The second-order valence-corrected chi connectivity index (χ2v) is 18.3. The number of nitrogens with zero attached hydrogens (tertiary/aromatic N) is 7. The number of carbonyl (C=O) groups is 2. The lowest BCUT2D eigenvalue weighted by Crippen LogP contribution is -2.41. The summed E-state index contributed by atoms with van der Waals surface area (Å²) < 4.78 is 11.2. The smallest absolute Gasteiger partial charge is 0.306 e. The Morgan fingerprint density at radius 2 is 1.21 bits per heavy atom. The van der Waals surface area contributed by atoms with Gasteiger partial charge >= 0.3 is 5.97 Å². The van der Waals surface area contributed by atoms with Crippen LogP contribution in [-0.4, -0.2) is 81.6 Å². The van der Waals surface area contributed by atoms with Crippen molar-refractivity contribution in [3.8, 4) is 11.5 Å². The van der Waals surface area contributed by atoms with E-state index in [1.165, 1.54) is 28.0 Å². The minimum atomic E-state index is -0.725. The molecular weight excluding hydrogens is 811 g/mol. The Kier molecular flexibility index (Phi) is 10.6. The van der Waals surface area contributed by atoms with Gasteiger partial charge in [0.2, 0.25) is 5.91 Å². The SMILES string of the molecule is COc1cc2c(cc1Nc1ncnc3sc4c(c13)CCC(C(=O)N1CCCCC1)C4)C=NC2.COc1cc2c(cc1Nc1ncnc3sc4c(c13)CCC(C(=O)O)C4)C=NC2. The van der Waals surface area contributed by atoms with Crippen LogP contribution < -0.4 is 20.1 Å². The molecule has 1 amide bonds. The first-order chi connectivity index (χ1) is 29.8. The molecule has 0 radical (unpaired) electrons. The van der Waals surface area contributed by atoms with Crippen molar-refractivity contribution in [1.82, 2.24) is 24.8 Å². The molecule has 11 rings (SSSR count). The molecule has 2 aromatic carbocycles. The largest absolute Gasteiger partial charge is 0.495 e. The van der Waals surface area contributed by atoms with E-state index in [1.54, 1.807) is 49.5 Å². The first-order valence-corrected chi connectivity index (χ1v) is 22.5. The molecule has 14 nitrogen and oxygen atoms in total. The van der Waals surface area contributed by atoms with Gasteiger partial charge in [0, 0.05) is 41.2 Å². The number of aliphatic imine (C=N–C) groups is 2. The van der Waals surface area contributed by atoms with Gasteiger partial charge < -0.3 is 30.1 Å². The molecule has 61 heavy (non-hydrogen) atoms. The van der Waals surface area contributed by atoms with Crippen molar-refractivity contribution in [3.63, 3.8) is 0 Å². The minimum Gasteiger partial charge on any atom is -0.495 e. The van der Waals surface area contributed by atoms with Crippen LogP contribution in [0.3, 0.4) is 0 Å². The van der Waals surface area contributed by atoms with Gasteiger partial charge in [-0.25, -0.2) is 19.9 Å². The van der Waals surface area contributed by atoms with Crippen molar-refractivity contribution in [1.29, 1.82) is 0 Å². The molecule has 5 aliphatic rings. The van der Waals surface area contributed by atoms with Crippen LogP contribution in [0.25, 0.3) is 20.4 Å². The van der Waals surface area contributed by atoms with Crippen molar-refractivity contribution in [2.45, 2.75) is 70.9 Å². The van der Waals surface area contributed by atoms with E-state index in [0.29, 0.717) is 31.8 Å². The van der Waals surface area contributed by atoms with Gasteiger partial charge in [-0.05, 0) is 115 Å². The summed E-state index contributed by atoms with van der Waals surface area (Å²) in [4.78, 5) is 57.6. The fraction of sp³-hybridized carbons (Fsp3) is 0.378. The fourth-order valence-corrected chi connectivity index (χ4v) is 11.8. The monoisotopic (exact) mass is 855 g/mol. The third-order valence-electron chi connectivity index (χ3n) is 12.5. The number of amides is 1. The number of carbonyl (C=O) groups excluding carboxylic acids is 1. The summed E-state index contributed by atoms with van der Waals surface area (Å²) in [5.41, 5.74) is 8.66. The number of rotatable bonds is 8. The topological polar surface area (TPSA) is 176 Å². The molecule has 0 spiro atoms. The molecule has 1 saturated heterocycles. The van der Waals surface area contributed by atoms with Crippen molar-refractivity contribution < 1.29 is 24.2 Å². The lowest BCUT2D eigenvalue weighted by molar-refractivity contribution is -0.142. The fourth-order valence-electron chi connectivity index (χ4n) is 9.27. The number of carboxylic acid groups (broad SMARTS) is 1. The van der Waals surface area contributed by atoms with E-state index in [9.17, 15) is 14.7 Å². The van der Waals surface area contributed by atoms with Crippen LogP contribution >= 0.6 is 22.7 Å². The van der Waals surface area contributed by atoms with Gasteiger partial charge in [-0.3, -0.25) is 19.6 Å². The molecule has 3 N–H and O–H groups in total. The van der Waals surface area contributed by atoms with Crippen LogP contribution in [0.15, 0.2) is 46.9 Å². The second-order valence-electron chi connectivity index (χ2n) is 16.1. The summed E-state index contributed by atoms with van der Waals surface area (Å²) in [6.07, 6.45) is 15.0. The molecule has 1 fully saturated rings. The number of aryl methyl sites for hydroxylation is 2. The lowest BCUT2D eigenvalue weighted by atomic mass is 9.86. The number of fused-ring (bicyclic) bond motifs is 8. The van der Waals surface area contributed by atoms with Gasteiger partial charge in [-0.15, -0.1) is 22.7 Å². The van der Waals surface area contributed by atoms with E-state index in [-0.39, 0.29) is 11.8 Å². The minimum absolute atomic E-state index is 0.0872. The Morgan fingerprint density at radius 1 is 0.705 bits per heavy atom. The quantitative estimate of drug-likeness (QED) is 0.135. The Balaban J connectivity index is 0.000000148. The number of anilines is 4. The number of nitrogens with one attached hydrogen (secondary N) is 2. The summed E-state index contributed by atoms with van der Waals surface area (Å²) in [6.45, 7) is 3.20. The Bertz CT molecular complexity index is 2770. The predicted octanol–water partition coefficient (Wildman–Crippen LogP) is 8.06. The summed E-state index contributed by atoms with van der Waals surface area (Å²) in [6, 6.07) is 8.15. The number of piperidine rings is 1. The maximum Gasteiger partial charge on any atom is 0.306 e. The van der Waals surface area contributed by atoms with E-state index in [0.717, 1.165) is 128 Å². The molecule has 2 atom stereocenters. The highest BCUT2D eigenvalue weighted by atomic mass is 32.1. The number of benzene rings is 2. The molecule has 3 aliphatic heterocycles. The van der Waals surface area contributed by atoms with Crippen LogP contribution in [-0.2, 0) is 48.4 Å². The van der Waals surface area contributed by atoms with Crippen LogP contribution in [0.1, 0.15) is 75.2 Å². The van der Waals surface area contributed by atoms with Crippen LogP contribution in [0.5, 0.6) is 11.5 Å². The first kappa shape index (κ1) is 39.2. The van der Waals surface area contributed by atoms with Crippen molar-refractivity contribution >= 4 is 90.4 Å². The molecule has 312 valence electrons. The highest BCUT2D eigenvalue weighted by Gasteiger charge is 2.33. The Hall–Kier alpha value is -6.00. The number of methoxy groups -OCH3 is 2. The molecule has 7 heterocycles. The number of carboxylic acids is 1. The van der Waals surface area contributed by atoms with E-state index in [1.807, 2.05) is 30.6 Å². The lowest BCUT2D eigenvalue weighted by Gasteiger charge is -2.32. The zero-order valence-corrected chi connectivity index (χ0v) is 35.6. The van der Waals surface area contributed by atoms with Gasteiger partial charge in [0.1, 0.15) is 45.5 Å². The average Bonchev–Trinajstić information content (AvgIpc) is 4.10. The Labute approximate surface area is 360 Å². The zero-order chi connectivity index (χ0) is 41.6. The van der Waals surface area contributed by atoms with Crippen LogP contribution in [0.4, 0.5) is 23.0 Å². The number of ether oxygens (including phenoxy) is 2. The molecule has 0 bridgehead atoms. The number of hydrogen-bond donors (Lipinski definition) is 3. The van der Waals surface area contributed by atoms with E-state index in [4.69, 9.17) is 9.47 Å². The van der Waals surface area contributed by atoms with E-state index in [2.05, 4.69) is 51.5 Å². The van der Waals surface area contributed by atoms with Crippen LogP contribution in [0.2, 0.25) is 0 Å². The van der Waals surface area contributed by atoms with Gasteiger partial charge in [0.25, 0.3) is 0 Å². The summed E-state index contributed by atoms with van der Waals surface area (Å²) in [5.74, 6) is 2.43. The molecule has 2 aliphatic carbocycles. The van der Waals surface area contributed by atoms with E-state index < -0.39 is 5.97 Å². The molecule has 2 unspecified atom stereocenters. The highest BCUT2D eigenvalue weighted by molar-refractivity contribution is 7.19. The molecule has 6 aromatic rings. The third-order valence-corrected chi connectivity index (χ3v) is 14.8. The maximum atomic E-state index is 13.1. The van der Waals surface area contributed by atoms with Gasteiger partial charge in [0.15, 0.2) is 0 Å². The van der Waals surface area contributed by atoms with Crippen molar-refractivity contribution in [2.24, 2.45) is 21.8 Å². The average molecular weight is 856 g/mol. The first-order valence-electron chi connectivity index (χ1n) is 20.8. The molecule has 0 saturated carbocycles. The normalized spacial score (nSPS) is 18.5. The summed E-state index contributed by atoms with van der Waals surface area (Å²) in [7, 11) is 3.33. The number of aromatic nitrogens is 4. The molecular formula is C45H45N9O5S2. The third kappa shape index (κ3) is 7.45. The zero-order valence-electron chi connectivity index (χ0n) is 34.0. The van der Waals surface area contributed by atoms with Gasteiger partial charge in [-0.1, -0.05) is 0 Å². The summed E-state index contributed by atoms with van der Waals surface area (Å²) in [5, 5.41) is 18.4. The highest BCUT2D eigenvalue weighted by Crippen LogP contribution is 2.44. The molecule has 16 heteroatoms. The number of thiophene rings is 2. The number of hydrogen-bond acceptors (Lipinski definition) is 14. The summed E-state index contributed by atoms with van der Waals surface area (Å²) >= 11 is 3.28. The maximum absolute atomic E-state index is 13.1. The van der Waals surface area contributed by atoms with Gasteiger partial charge in [0.05, 0.1) is 55.4 Å². The molecule has 4 aromatic heterocycles. The van der Waals surface area contributed by atoms with E-state index >= 15 is 0 Å².